The van der Waals surface area contributed by atoms with Gasteiger partial charge < -0.3 is 0 Å². The van der Waals surface area contributed by atoms with Gasteiger partial charge in [0.05, 0.1) is 5.56 Å². The Bertz CT molecular complexity index is 825. The van der Waals surface area contributed by atoms with E-state index in [2.05, 4.69) is 16.2 Å². The molecule has 5 nitrogen and oxygen atoms in total. The number of carbonyl (C=O) groups excluding carboxylic acids is 2. The molecule has 8 heteroatoms. The molecule has 0 saturated heterocycles. The van der Waals surface area contributed by atoms with E-state index < -0.39 is 5.91 Å². The van der Waals surface area contributed by atoms with Crippen molar-refractivity contribution in [1.82, 2.24) is 16.2 Å². The first-order valence-electron chi connectivity index (χ1n) is 7.05. The average Bonchev–Trinajstić information content (AvgIpc) is 2.59. The standard InChI is InChI=1S/C17H13FIN3O2S/c18-12-8-5-11(6-9-12)7-10-15(23)20-17(25)22-21-16(24)13-3-1-2-4-14(13)19/h1-10H,(H,21,24)(H2,20,22,23,25)/b10-7+. The van der Waals surface area contributed by atoms with Crippen molar-refractivity contribution >= 4 is 57.8 Å². The molecule has 2 rings (SSSR count). The minimum absolute atomic E-state index is 0.0481. The molecule has 0 aliphatic heterocycles. The van der Waals surface area contributed by atoms with E-state index in [-0.39, 0.29) is 16.8 Å². The van der Waals surface area contributed by atoms with Crippen LogP contribution in [0.5, 0.6) is 0 Å². The number of nitrogens with one attached hydrogen (secondary N) is 3. The zero-order valence-corrected chi connectivity index (χ0v) is 15.7. The summed E-state index contributed by atoms with van der Waals surface area (Å²) in [4.78, 5) is 23.7. The lowest BCUT2D eigenvalue weighted by atomic mass is 10.2. The smallest absolute Gasteiger partial charge is 0.270 e. The lowest BCUT2D eigenvalue weighted by molar-refractivity contribution is -0.115. The van der Waals surface area contributed by atoms with E-state index in [0.717, 1.165) is 3.57 Å². The number of hydrazine groups is 1. The second-order valence-corrected chi connectivity index (χ2v) is 6.33. The summed E-state index contributed by atoms with van der Waals surface area (Å²) in [6, 6.07) is 12.7. The maximum absolute atomic E-state index is 12.8. The van der Waals surface area contributed by atoms with E-state index in [1.807, 2.05) is 28.7 Å². The van der Waals surface area contributed by atoms with Crippen LogP contribution in [0.15, 0.2) is 54.6 Å². The van der Waals surface area contributed by atoms with E-state index >= 15 is 0 Å². The molecule has 0 aliphatic carbocycles. The van der Waals surface area contributed by atoms with Crippen LogP contribution in [-0.2, 0) is 4.79 Å². The molecule has 2 aromatic rings. The Kier molecular flexibility index (Phi) is 7.02. The molecule has 0 saturated carbocycles. The van der Waals surface area contributed by atoms with Crippen molar-refractivity contribution < 1.29 is 14.0 Å². The molecule has 0 radical (unpaired) electrons. The molecule has 2 aromatic carbocycles. The number of benzene rings is 2. The molecule has 3 N–H and O–H groups in total. The number of amides is 2. The quantitative estimate of drug-likeness (QED) is 0.280. The zero-order chi connectivity index (χ0) is 18.2. The Morgan fingerprint density at radius 2 is 1.72 bits per heavy atom. The molecule has 0 fully saturated rings. The molecule has 0 spiro atoms. The van der Waals surface area contributed by atoms with Crippen molar-refractivity contribution in [2.75, 3.05) is 0 Å². The number of halogens is 2. The Labute approximate surface area is 162 Å². The maximum Gasteiger partial charge on any atom is 0.270 e. The maximum atomic E-state index is 12.8. The van der Waals surface area contributed by atoms with Gasteiger partial charge in [0, 0.05) is 9.65 Å². The minimum Gasteiger partial charge on any atom is -0.298 e. The monoisotopic (exact) mass is 469 g/mol. The van der Waals surface area contributed by atoms with Crippen LogP contribution in [0.2, 0.25) is 0 Å². The third kappa shape index (κ3) is 6.24. The second-order valence-electron chi connectivity index (χ2n) is 4.76. The van der Waals surface area contributed by atoms with Crippen molar-refractivity contribution in [3.63, 3.8) is 0 Å². The van der Waals surface area contributed by atoms with E-state index in [0.29, 0.717) is 11.1 Å². The van der Waals surface area contributed by atoms with E-state index in [4.69, 9.17) is 12.2 Å². The first-order chi connectivity index (χ1) is 12.0. The minimum atomic E-state index is -0.481. The molecule has 0 bridgehead atoms. The predicted molar refractivity (Wildman–Crippen MR) is 106 cm³/mol. The summed E-state index contributed by atoms with van der Waals surface area (Å²) in [6.07, 6.45) is 2.77. The molecule has 0 aliphatic rings. The van der Waals surface area contributed by atoms with Gasteiger partial charge in [0.1, 0.15) is 5.82 Å². The lowest BCUT2D eigenvalue weighted by Crippen LogP contribution is -2.48. The Morgan fingerprint density at radius 1 is 1.04 bits per heavy atom. The van der Waals surface area contributed by atoms with Gasteiger partial charge in [-0.15, -0.1) is 0 Å². The summed E-state index contributed by atoms with van der Waals surface area (Å²) >= 11 is 6.98. The van der Waals surface area contributed by atoms with Crippen LogP contribution >= 0.6 is 34.8 Å². The van der Waals surface area contributed by atoms with Crippen molar-refractivity contribution in [1.29, 1.82) is 0 Å². The topological polar surface area (TPSA) is 70.2 Å². The highest BCUT2D eigenvalue weighted by Crippen LogP contribution is 2.10. The van der Waals surface area contributed by atoms with Gasteiger partial charge in [-0.05, 0) is 70.7 Å². The summed E-state index contributed by atoms with van der Waals surface area (Å²) in [7, 11) is 0. The fourth-order valence-corrected chi connectivity index (χ4v) is 2.54. The highest BCUT2D eigenvalue weighted by molar-refractivity contribution is 14.1. The fourth-order valence-electron chi connectivity index (χ4n) is 1.76. The molecular weight excluding hydrogens is 456 g/mol. The van der Waals surface area contributed by atoms with Crippen molar-refractivity contribution in [3.05, 3.63) is 75.1 Å². The summed E-state index contributed by atoms with van der Waals surface area (Å²) < 4.78 is 13.6. The van der Waals surface area contributed by atoms with E-state index in [1.165, 1.54) is 36.4 Å². The van der Waals surface area contributed by atoms with Crippen molar-refractivity contribution in [2.24, 2.45) is 0 Å². The van der Waals surface area contributed by atoms with Gasteiger partial charge in [0.15, 0.2) is 5.11 Å². The van der Waals surface area contributed by atoms with Gasteiger partial charge in [-0.2, -0.15) is 0 Å². The van der Waals surface area contributed by atoms with Gasteiger partial charge in [0.25, 0.3) is 5.91 Å². The van der Waals surface area contributed by atoms with Crippen LogP contribution in [-0.4, -0.2) is 16.9 Å². The molecule has 128 valence electrons. The summed E-state index contributed by atoms with van der Waals surface area (Å²) in [5.74, 6) is -1.20. The number of thiocarbonyl (C=S) groups is 1. The molecule has 0 heterocycles. The molecule has 25 heavy (non-hydrogen) atoms. The van der Waals surface area contributed by atoms with Crippen LogP contribution in [0.3, 0.4) is 0 Å². The molecule has 0 atom stereocenters. The largest absolute Gasteiger partial charge is 0.298 e. The van der Waals surface area contributed by atoms with Crippen LogP contribution in [0.4, 0.5) is 4.39 Å². The average molecular weight is 469 g/mol. The van der Waals surface area contributed by atoms with Crippen molar-refractivity contribution in [2.45, 2.75) is 0 Å². The molecule has 2 amide bonds. The Morgan fingerprint density at radius 3 is 2.40 bits per heavy atom. The van der Waals surface area contributed by atoms with Gasteiger partial charge in [-0.25, -0.2) is 4.39 Å². The normalized spacial score (nSPS) is 10.3. The number of hydrogen-bond donors (Lipinski definition) is 3. The Balaban J connectivity index is 1.81. The molecule has 0 unspecified atom stereocenters. The molecular formula is C17H13FIN3O2S. The van der Waals surface area contributed by atoms with Crippen LogP contribution in [0.25, 0.3) is 6.08 Å². The van der Waals surface area contributed by atoms with Gasteiger partial charge in [-0.1, -0.05) is 24.3 Å². The number of carbonyl (C=O) groups is 2. The zero-order valence-electron chi connectivity index (χ0n) is 12.8. The Hall–Kier alpha value is -2.33. The highest BCUT2D eigenvalue weighted by Gasteiger charge is 2.09. The van der Waals surface area contributed by atoms with E-state index in [9.17, 15) is 14.0 Å². The van der Waals surface area contributed by atoms with Gasteiger partial charge in [-0.3, -0.25) is 25.8 Å². The summed E-state index contributed by atoms with van der Waals surface area (Å²) in [6.45, 7) is 0. The first-order valence-corrected chi connectivity index (χ1v) is 8.54. The lowest BCUT2D eigenvalue weighted by Gasteiger charge is -2.10. The number of rotatable bonds is 3. The van der Waals surface area contributed by atoms with Crippen LogP contribution < -0.4 is 16.2 Å². The third-order valence-corrected chi connectivity index (χ3v) is 4.09. The number of hydrogen-bond acceptors (Lipinski definition) is 3. The molecule has 0 aromatic heterocycles. The first kappa shape index (κ1) is 19.0. The van der Waals surface area contributed by atoms with Crippen LogP contribution in [0, 0.1) is 9.39 Å². The SMILES string of the molecule is O=C(/C=C/c1ccc(F)cc1)NC(=S)NNC(=O)c1ccccc1I. The summed E-state index contributed by atoms with van der Waals surface area (Å²) in [5.41, 5.74) is 6.02. The third-order valence-electron chi connectivity index (χ3n) is 2.94. The van der Waals surface area contributed by atoms with Crippen LogP contribution in [0.1, 0.15) is 15.9 Å². The fraction of sp³-hybridized carbons (Fsp3) is 0. The van der Waals surface area contributed by atoms with Gasteiger partial charge >= 0.3 is 0 Å². The van der Waals surface area contributed by atoms with Gasteiger partial charge in [0.2, 0.25) is 5.91 Å². The summed E-state index contributed by atoms with van der Waals surface area (Å²) in [5, 5.41) is 2.34. The van der Waals surface area contributed by atoms with E-state index in [1.54, 1.807) is 18.2 Å². The van der Waals surface area contributed by atoms with Crippen molar-refractivity contribution in [3.8, 4) is 0 Å². The second kappa shape index (κ2) is 9.23. The predicted octanol–water partition coefficient (Wildman–Crippen LogP) is 2.78. The highest BCUT2D eigenvalue weighted by atomic mass is 127.